The molecule has 0 unspecified atom stereocenters. The van der Waals surface area contributed by atoms with Crippen LogP contribution >= 0.6 is 0 Å². The Kier molecular flexibility index (Phi) is 4.35. The Balaban J connectivity index is 1.58. The van der Waals surface area contributed by atoms with E-state index in [1.165, 1.54) is 0 Å². The molecule has 21 heavy (non-hydrogen) atoms. The van der Waals surface area contributed by atoms with E-state index in [0.717, 1.165) is 49.9 Å². The van der Waals surface area contributed by atoms with Crippen LogP contribution in [0.25, 0.3) is 0 Å². The van der Waals surface area contributed by atoms with E-state index in [-0.39, 0.29) is 6.10 Å². The molecule has 0 radical (unpaired) electrons. The first-order valence-electron chi connectivity index (χ1n) is 7.22. The average Bonchev–Trinajstić information content (AvgIpc) is 2.54. The SMILES string of the molecule is Cc1nccc(N2CCO[C@@H](CCc3ccncn3)C2)n1. The third kappa shape index (κ3) is 3.72. The lowest BCUT2D eigenvalue weighted by molar-refractivity contribution is 0.0350. The van der Waals surface area contributed by atoms with Gasteiger partial charge in [0.05, 0.1) is 12.7 Å². The lowest BCUT2D eigenvalue weighted by Crippen LogP contribution is -2.43. The molecule has 6 nitrogen and oxygen atoms in total. The number of hydrogen-bond donors (Lipinski definition) is 0. The fourth-order valence-corrected chi connectivity index (χ4v) is 2.50. The molecule has 1 aliphatic heterocycles. The summed E-state index contributed by atoms with van der Waals surface area (Å²) in [6.45, 7) is 4.38. The van der Waals surface area contributed by atoms with E-state index in [2.05, 4.69) is 24.8 Å². The normalized spacial score (nSPS) is 18.7. The monoisotopic (exact) mass is 285 g/mol. The largest absolute Gasteiger partial charge is 0.375 e. The van der Waals surface area contributed by atoms with E-state index in [0.29, 0.717) is 0 Å². The first-order chi connectivity index (χ1) is 10.3. The summed E-state index contributed by atoms with van der Waals surface area (Å²) in [5.74, 6) is 1.79. The molecule has 1 saturated heterocycles. The molecule has 1 atom stereocenters. The molecule has 2 aromatic rings. The lowest BCUT2D eigenvalue weighted by Gasteiger charge is -2.33. The Morgan fingerprint density at radius 3 is 3.05 bits per heavy atom. The summed E-state index contributed by atoms with van der Waals surface area (Å²) < 4.78 is 5.85. The van der Waals surface area contributed by atoms with Gasteiger partial charge < -0.3 is 9.64 Å². The molecule has 2 aromatic heterocycles. The average molecular weight is 285 g/mol. The van der Waals surface area contributed by atoms with Gasteiger partial charge >= 0.3 is 0 Å². The summed E-state index contributed by atoms with van der Waals surface area (Å²) >= 11 is 0. The van der Waals surface area contributed by atoms with Gasteiger partial charge in [0.15, 0.2) is 0 Å². The number of nitrogens with zero attached hydrogens (tertiary/aromatic N) is 5. The fraction of sp³-hybridized carbons (Fsp3) is 0.467. The molecule has 0 aromatic carbocycles. The second-order valence-corrected chi connectivity index (χ2v) is 5.14. The second kappa shape index (κ2) is 6.58. The highest BCUT2D eigenvalue weighted by atomic mass is 16.5. The van der Waals surface area contributed by atoms with E-state index in [4.69, 9.17) is 4.74 Å². The Bertz CT molecular complexity index is 577. The van der Waals surface area contributed by atoms with Gasteiger partial charge in [-0.05, 0) is 31.9 Å². The number of morpholine rings is 1. The molecule has 0 amide bonds. The maximum atomic E-state index is 5.85. The van der Waals surface area contributed by atoms with E-state index in [1.807, 2.05) is 25.3 Å². The van der Waals surface area contributed by atoms with Crippen molar-refractivity contribution in [3.8, 4) is 0 Å². The van der Waals surface area contributed by atoms with Crippen molar-refractivity contribution in [3.63, 3.8) is 0 Å². The number of rotatable bonds is 4. The summed E-state index contributed by atoms with van der Waals surface area (Å²) in [6.07, 6.45) is 7.25. The first-order valence-corrected chi connectivity index (χ1v) is 7.22. The van der Waals surface area contributed by atoms with Crippen LogP contribution in [0.4, 0.5) is 5.82 Å². The standard InChI is InChI=1S/C15H19N5O/c1-12-17-7-5-15(19-12)20-8-9-21-14(10-20)3-2-13-4-6-16-11-18-13/h4-7,11,14H,2-3,8-10H2,1H3/t14-/m0/s1. The van der Waals surface area contributed by atoms with Gasteiger partial charge in [-0.15, -0.1) is 0 Å². The zero-order valence-corrected chi connectivity index (χ0v) is 12.1. The molecule has 3 rings (SSSR count). The van der Waals surface area contributed by atoms with Gasteiger partial charge in [-0.25, -0.2) is 19.9 Å². The van der Waals surface area contributed by atoms with Crippen molar-refractivity contribution in [3.05, 3.63) is 42.4 Å². The van der Waals surface area contributed by atoms with Gasteiger partial charge in [0.1, 0.15) is 18.0 Å². The van der Waals surface area contributed by atoms with Gasteiger partial charge in [-0.3, -0.25) is 0 Å². The molecule has 0 bridgehead atoms. The maximum absolute atomic E-state index is 5.85. The molecule has 0 saturated carbocycles. The summed E-state index contributed by atoms with van der Waals surface area (Å²) in [6, 6.07) is 3.91. The summed E-state index contributed by atoms with van der Waals surface area (Å²) in [5, 5.41) is 0. The Morgan fingerprint density at radius 2 is 2.24 bits per heavy atom. The Morgan fingerprint density at radius 1 is 1.29 bits per heavy atom. The molecule has 0 aliphatic carbocycles. The predicted octanol–water partition coefficient (Wildman–Crippen LogP) is 1.41. The van der Waals surface area contributed by atoms with Crippen LogP contribution in [0.5, 0.6) is 0 Å². The third-order valence-corrected chi connectivity index (χ3v) is 3.59. The molecule has 1 aliphatic rings. The van der Waals surface area contributed by atoms with Gasteiger partial charge in [0.2, 0.25) is 0 Å². The smallest absolute Gasteiger partial charge is 0.132 e. The van der Waals surface area contributed by atoms with Crippen molar-refractivity contribution < 1.29 is 4.74 Å². The second-order valence-electron chi connectivity index (χ2n) is 5.14. The van der Waals surface area contributed by atoms with Crippen LogP contribution in [0.3, 0.4) is 0 Å². The first kappa shape index (κ1) is 13.9. The van der Waals surface area contributed by atoms with Crippen LogP contribution < -0.4 is 4.90 Å². The molecular weight excluding hydrogens is 266 g/mol. The topological polar surface area (TPSA) is 64.0 Å². The molecule has 1 fully saturated rings. The number of anilines is 1. The van der Waals surface area contributed by atoms with Crippen LogP contribution in [0, 0.1) is 6.92 Å². The van der Waals surface area contributed by atoms with Crippen LogP contribution in [-0.4, -0.2) is 45.7 Å². The number of ether oxygens (including phenoxy) is 1. The molecule has 6 heteroatoms. The Labute approximate surface area is 124 Å². The van der Waals surface area contributed by atoms with Crippen molar-refractivity contribution in [1.29, 1.82) is 0 Å². The zero-order chi connectivity index (χ0) is 14.5. The lowest BCUT2D eigenvalue weighted by atomic mass is 10.1. The van der Waals surface area contributed by atoms with Crippen LogP contribution in [0.2, 0.25) is 0 Å². The summed E-state index contributed by atoms with van der Waals surface area (Å²) in [7, 11) is 0. The van der Waals surface area contributed by atoms with E-state index in [1.54, 1.807) is 12.5 Å². The van der Waals surface area contributed by atoms with Crippen LogP contribution in [0.15, 0.2) is 30.9 Å². The molecule has 3 heterocycles. The molecule has 110 valence electrons. The van der Waals surface area contributed by atoms with Crippen LogP contribution in [0.1, 0.15) is 17.9 Å². The molecule has 0 N–H and O–H groups in total. The summed E-state index contributed by atoms with van der Waals surface area (Å²) in [4.78, 5) is 19.1. The van der Waals surface area contributed by atoms with Crippen molar-refractivity contribution in [1.82, 2.24) is 19.9 Å². The van der Waals surface area contributed by atoms with E-state index in [9.17, 15) is 0 Å². The van der Waals surface area contributed by atoms with Crippen LogP contribution in [-0.2, 0) is 11.2 Å². The minimum absolute atomic E-state index is 0.212. The van der Waals surface area contributed by atoms with E-state index >= 15 is 0 Å². The highest BCUT2D eigenvalue weighted by Crippen LogP contribution is 2.17. The predicted molar refractivity (Wildman–Crippen MR) is 79.1 cm³/mol. The number of hydrogen-bond acceptors (Lipinski definition) is 6. The number of aryl methyl sites for hydroxylation is 2. The third-order valence-electron chi connectivity index (χ3n) is 3.59. The Hall–Kier alpha value is -2.08. The number of aromatic nitrogens is 4. The van der Waals surface area contributed by atoms with Crippen molar-refractivity contribution in [2.24, 2.45) is 0 Å². The minimum atomic E-state index is 0.212. The molecule has 0 spiro atoms. The van der Waals surface area contributed by atoms with Crippen molar-refractivity contribution >= 4 is 5.82 Å². The van der Waals surface area contributed by atoms with Gasteiger partial charge in [-0.1, -0.05) is 0 Å². The van der Waals surface area contributed by atoms with Crippen molar-refractivity contribution in [2.45, 2.75) is 25.9 Å². The highest BCUT2D eigenvalue weighted by molar-refractivity contribution is 5.38. The quantitative estimate of drug-likeness (QED) is 0.846. The zero-order valence-electron chi connectivity index (χ0n) is 12.1. The summed E-state index contributed by atoms with van der Waals surface area (Å²) in [5.41, 5.74) is 1.06. The van der Waals surface area contributed by atoms with Crippen molar-refractivity contribution in [2.75, 3.05) is 24.6 Å². The van der Waals surface area contributed by atoms with Gasteiger partial charge in [-0.2, -0.15) is 0 Å². The maximum Gasteiger partial charge on any atom is 0.132 e. The molecular formula is C15H19N5O. The highest BCUT2D eigenvalue weighted by Gasteiger charge is 2.21. The van der Waals surface area contributed by atoms with E-state index < -0.39 is 0 Å². The van der Waals surface area contributed by atoms with Gasteiger partial charge in [0, 0.05) is 31.2 Å². The minimum Gasteiger partial charge on any atom is -0.375 e. The van der Waals surface area contributed by atoms with Gasteiger partial charge in [0.25, 0.3) is 0 Å². The fourth-order valence-electron chi connectivity index (χ4n) is 2.50.